The minimum absolute atomic E-state index is 0.531. The molecule has 0 unspecified atom stereocenters. The molecule has 1 saturated heterocycles. The first kappa shape index (κ1) is 14.8. The Balaban J connectivity index is 1.82. The van der Waals surface area contributed by atoms with E-state index in [1.54, 1.807) is 30.2 Å². The largest absolute Gasteiger partial charge is 0.493 e. The molecule has 0 aromatic heterocycles. The van der Waals surface area contributed by atoms with Crippen LogP contribution in [0, 0.1) is 0 Å². The summed E-state index contributed by atoms with van der Waals surface area (Å²) in [7, 11) is 1.58. The number of quaternary nitrogens is 1. The van der Waals surface area contributed by atoms with Gasteiger partial charge in [0.15, 0.2) is 17.8 Å². The average Bonchev–Trinajstić information content (AvgIpc) is 2.52. The molecule has 0 aliphatic carbocycles. The highest BCUT2D eigenvalue weighted by Gasteiger charge is 2.14. The van der Waals surface area contributed by atoms with Crippen LogP contribution in [0.4, 0.5) is 0 Å². The van der Waals surface area contributed by atoms with Crippen LogP contribution in [0.1, 0.15) is 16.8 Å². The summed E-state index contributed by atoms with van der Waals surface area (Å²) in [6, 6.07) is 5.32. The topological polar surface area (TPSA) is 49.2 Å². The van der Waals surface area contributed by atoms with E-state index >= 15 is 0 Å². The van der Waals surface area contributed by atoms with E-state index in [9.17, 15) is 4.79 Å². The summed E-state index contributed by atoms with van der Waals surface area (Å²) in [5.74, 6) is 1.15. The second-order valence-corrected chi connectivity index (χ2v) is 4.81. The fourth-order valence-electron chi connectivity index (χ4n) is 2.35. The first-order chi connectivity index (χ1) is 9.85. The number of carbonyl (C=O) groups is 1. The van der Waals surface area contributed by atoms with Crippen LogP contribution in [0.5, 0.6) is 11.5 Å². The van der Waals surface area contributed by atoms with Gasteiger partial charge in [-0.1, -0.05) is 6.07 Å². The van der Waals surface area contributed by atoms with Crippen molar-refractivity contribution in [1.29, 1.82) is 0 Å². The lowest BCUT2D eigenvalue weighted by molar-refractivity contribution is -0.908. The van der Waals surface area contributed by atoms with Gasteiger partial charge in [-0.05, 0) is 12.1 Å². The van der Waals surface area contributed by atoms with E-state index in [1.165, 1.54) is 0 Å². The fraction of sp³-hybridized carbons (Fsp3) is 0.533. The Morgan fingerprint density at radius 3 is 2.85 bits per heavy atom. The van der Waals surface area contributed by atoms with Crippen LogP contribution in [0.25, 0.3) is 0 Å². The van der Waals surface area contributed by atoms with E-state index < -0.39 is 0 Å². The second-order valence-electron chi connectivity index (χ2n) is 4.81. The van der Waals surface area contributed by atoms with Crippen LogP contribution < -0.4 is 14.4 Å². The normalized spacial score (nSPS) is 15.8. The number of hydrogen-bond acceptors (Lipinski definition) is 4. The smallest absolute Gasteiger partial charge is 0.171 e. The zero-order valence-corrected chi connectivity index (χ0v) is 11.9. The van der Waals surface area contributed by atoms with Gasteiger partial charge in [-0.2, -0.15) is 0 Å². The molecule has 1 aliphatic heterocycles. The van der Waals surface area contributed by atoms with Crippen molar-refractivity contribution in [3.8, 4) is 11.5 Å². The third-order valence-corrected chi connectivity index (χ3v) is 3.48. The molecule has 0 amide bonds. The molecule has 1 aliphatic rings. The molecular formula is C15H22NO4+. The van der Waals surface area contributed by atoms with E-state index in [0.29, 0.717) is 23.7 Å². The van der Waals surface area contributed by atoms with Gasteiger partial charge in [-0.3, -0.25) is 4.79 Å². The number of hydrogen-bond donors (Lipinski definition) is 1. The first-order valence-electron chi connectivity index (χ1n) is 7.01. The Labute approximate surface area is 119 Å². The molecular weight excluding hydrogens is 258 g/mol. The van der Waals surface area contributed by atoms with Crippen molar-refractivity contribution in [2.24, 2.45) is 0 Å². The molecule has 5 nitrogen and oxygen atoms in total. The Hall–Kier alpha value is -1.59. The lowest BCUT2D eigenvalue weighted by atomic mass is 10.2. The lowest BCUT2D eigenvalue weighted by Crippen LogP contribution is -3.14. The summed E-state index contributed by atoms with van der Waals surface area (Å²) in [5, 5.41) is 0. The van der Waals surface area contributed by atoms with E-state index in [-0.39, 0.29) is 0 Å². The highest BCUT2D eigenvalue weighted by molar-refractivity contribution is 5.81. The highest BCUT2D eigenvalue weighted by Crippen LogP contribution is 2.29. The van der Waals surface area contributed by atoms with Gasteiger partial charge in [0.05, 0.1) is 39.0 Å². The van der Waals surface area contributed by atoms with Crippen molar-refractivity contribution in [1.82, 2.24) is 0 Å². The number of para-hydroxylation sites is 1. The number of ether oxygens (including phenoxy) is 3. The van der Waals surface area contributed by atoms with E-state index in [0.717, 1.165) is 45.6 Å². The molecule has 0 radical (unpaired) electrons. The standard InChI is InChI=1S/C15H21NO4/c1-18-14-5-2-4-13(12-17)15(14)20-9-3-6-16-7-10-19-11-8-16/h2,4-5,12H,3,6-11H2,1H3/p+1. The van der Waals surface area contributed by atoms with Gasteiger partial charge in [0, 0.05) is 6.42 Å². The van der Waals surface area contributed by atoms with E-state index in [1.807, 2.05) is 0 Å². The third kappa shape index (κ3) is 3.95. The van der Waals surface area contributed by atoms with Gasteiger partial charge in [-0.25, -0.2) is 0 Å². The summed E-state index contributed by atoms with van der Waals surface area (Å²) in [6.45, 7) is 5.47. The van der Waals surface area contributed by atoms with Crippen LogP contribution in [0.2, 0.25) is 0 Å². The van der Waals surface area contributed by atoms with Crippen LogP contribution in [0.15, 0.2) is 18.2 Å². The van der Waals surface area contributed by atoms with Crippen molar-refractivity contribution < 1.29 is 23.9 Å². The van der Waals surface area contributed by atoms with Gasteiger partial charge in [-0.15, -0.1) is 0 Å². The summed E-state index contributed by atoms with van der Waals surface area (Å²) in [6.07, 6.45) is 1.75. The monoisotopic (exact) mass is 280 g/mol. The van der Waals surface area contributed by atoms with Crippen LogP contribution in [-0.4, -0.2) is 52.9 Å². The molecule has 20 heavy (non-hydrogen) atoms. The number of aldehydes is 1. The van der Waals surface area contributed by atoms with Gasteiger partial charge in [0.2, 0.25) is 0 Å². The Morgan fingerprint density at radius 2 is 2.15 bits per heavy atom. The van der Waals surface area contributed by atoms with Crippen molar-refractivity contribution in [3.63, 3.8) is 0 Å². The number of benzene rings is 1. The SMILES string of the molecule is COc1cccc(C=O)c1OCCC[NH+]1CCOCC1. The predicted octanol–water partition coefficient (Wildman–Crippen LogP) is 0.192. The molecule has 0 spiro atoms. The minimum Gasteiger partial charge on any atom is -0.493 e. The highest BCUT2D eigenvalue weighted by atomic mass is 16.5. The number of morpholine rings is 1. The Morgan fingerprint density at radius 1 is 1.35 bits per heavy atom. The molecule has 1 fully saturated rings. The van der Waals surface area contributed by atoms with Crippen molar-refractivity contribution in [3.05, 3.63) is 23.8 Å². The molecule has 1 aromatic rings. The van der Waals surface area contributed by atoms with Gasteiger partial charge in [0.25, 0.3) is 0 Å². The van der Waals surface area contributed by atoms with Crippen molar-refractivity contribution in [2.45, 2.75) is 6.42 Å². The molecule has 2 rings (SSSR count). The number of carbonyl (C=O) groups excluding carboxylic acids is 1. The zero-order chi connectivity index (χ0) is 14.2. The quantitative estimate of drug-likeness (QED) is 0.572. The molecule has 1 heterocycles. The number of methoxy groups -OCH3 is 1. The number of rotatable bonds is 7. The molecule has 5 heteroatoms. The van der Waals surface area contributed by atoms with E-state index in [2.05, 4.69) is 0 Å². The van der Waals surface area contributed by atoms with E-state index in [4.69, 9.17) is 14.2 Å². The Bertz CT molecular complexity index is 430. The molecule has 0 saturated carbocycles. The minimum atomic E-state index is 0.531. The maximum absolute atomic E-state index is 11.0. The predicted molar refractivity (Wildman–Crippen MR) is 74.9 cm³/mol. The Kier molecular flexibility index (Phi) is 5.83. The van der Waals surface area contributed by atoms with Crippen molar-refractivity contribution in [2.75, 3.05) is 46.6 Å². The third-order valence-electron chi connectivity index (χ3n) is 3.48. The summed E-state index contributed by atoms with van der Waals surface area (Å²) in [5.41, 5.74) is 0.531. The maximum atomic E-state index is 11.0. The summed E-state index contributed by atoms with van der Waals surface area (Å²) in [4.78, 5) is 12.6. The second kappa shape index (κ2) is 7.87. The molecule has 0 atom stereocenters. The summed E-state index contributed by atoms with van der Waals surface area (Å²) >= 11 is 0. The van der Waals surface area contributed by atoms with Crippen LogP contribution in [0.3, 0.4) is 0 Å². The molecule has 110 valence electrons. The van der Waals surface area contributed by atoms with Gasteiger partial charge < -0.3 is 19.1 Å². The van der Waals surface area contributed by atoms with Crippen molar-refractivity contribution >= 4 is 6.29 Å². The molecule has 1 aromatic carbocycles. The zero-order valence-electron chi connectivity index (χ0n) is 11.9. The van der Waals surface area contributed by atoms with Gasteiger partial charge >= 0.3 is 0 Å². The maximum Gasteiger partial charge on any atom is 0.171 e. The van der Waals surface area contributed by atoms with Crippen LogP contribution >= 0.6 is 0 Å². The number of nitrogens with one attached hydrogen (secondary N) is 1. The van der Waals surface area contributed by atoms with Gasteiger partial charge in [0.1, 0.15) is 13.1 Å². The summed E-state index contributed by atoms with van der Waals surface area (Å²) < 4.78 is 16.3. The molecule has 1 N–H and O–H groups in total. The van der Waals surface area contributed by atoms with Crippen LogP contribution in [-0.2, 0) is 4.74 Å². The lowest BCUT2D eigenvalue weighted by Gasteiger charge is -2.23. The molecule has 0 bridgehead atoms. The fourth-order valence-corrected chi connectivity index (χ4v) is 2.35. The average molecular weight is 280 g/mol. The first-order valence-corrected chi connectivity index (χ1v) is 7.01.